The number of anilines is 2. The van der Waals surface area contributed by atoms with Crippen LogP contribution < -0.4 is 20.1 Å². The van der Waals surface area contributed by atoms with Crippen molar-refractivity contribution in [1.82, 2.24) is 9.78 Å². The Bertz CT molecular complexity index is 1060. The molecule has 1 aliphatic heterocycles. The van der Waals surface area contributed by atoms with E-state index in [0.717, 1.165) is 11.1 Å². The number of methoxy groups -OCH3 is 2. The monoisotopic (exact) mass is 392 g/mol. The van der Waals surface area contributed by atoms with Crippen molar-refractivity contribution in [2.75, 3.05) is 24.9 Å². The first-order valence-electron chi connectivity index (χ1n) is 9.06. The molecular weight excluding hydrogens is 372 g/mol. The highest BCUT2D eigenvalue weighted by atomic mass is 16.5. The van der Waals surface area contributed by atoms with Gasteiger partial charge >= 0.3 is 0 Å². The van der Waals surface area contributed by atoms with Crippen molar-refractivity contribution in [3.8, 4) is 22.6 Å². The van der Waals surface area contributed by atoms with Crippen LogP contribution in [0.3, 0.4) is 0 Å². The minimum Gasteiger partial charge on any atom is -0.493 e. The second kappa shape index (κ2) is 7.67. The van der Waals surface area contributed by atoms with E-state index in [1.165, 1.54) is 7.11 Å². The number of hydrogen-bond donors (Lipinski definition) is 2. The molecule has 0 saturated heterocycles. The van der Waals surface area contributed by atoms with Crippen LogP contribution in [-0.2, 0) is 9.59 Å². The zero-order chi connectivity index (χ0) is 20.4. The molecule has 0 bridgehead atoms. The van der Waals surface area contributed by atoms with E-state index in [4.69, 9.17) is 9.47 Å². The van der Waals surface area contributed by atoms with E-state index in [9.17, 15) is 9.59 Å². The normalized spacial score (nSPS) is 15.2. The number of hydrogen-bond acceptors (Lipinski definition) is 5. The van der Waals surface area contributed by atoms with Gasteiger partial charge in [0.2, 0.25) is 11.8 Å². The Morgan fingerprint density at radius 1 is 1.14 bits per heavy atom. The predicted molar refractivity (Wildman–Crippen MR) is 108 cm³/mol. The maximum absolute atomic E-state index is 13.0. The highest BCUT2D eigenvalue weighted by Crippen LogP contribution is 2.35. The molecule has 3 aromatic rings. The molecule has 1 aliphatic rings. The predicted octanol–water partition coefficient (Wildman–Crippen LogP) is 3.09. The van der Waals surface area contributed by atoms with Gasteiger partial charge in [-0.2, -0.15) is 5.10 Å². The van der Waals surface area contributed by atoms with Gasteiger partial charge in [0.15, 0.2) is 11.5 Å². The van der Waals surface area contributed by atoms with E-state index in [1.807, 2.05) is 30.3 Å². The number of nitrogens with zero attached hydrogens (tertiary/aromatic N) is 2. The molecule has 1 unspecified atom stereocenters. The van der Waals surface area contributed by atoms with Gasteiger partial charge in [0.05, 0.1) is 26.8 Å². The molecule has 29 heavy (non-hydrogen) atoms. The van der Waals surface area contributed by atoms with Gasteiger partial charge in [-0.3, -0.25) is 9.59 Å². The number of carbonyl (C=O) groups excluding carboxylic acids is 2. The number of nitrogens with one attached hydrogen (secondary N) is 2. The van der Waals surface area contributed by atoms with E-state index in [0.29, 0.717) is 23.0 Å². The fourth-order valence-electron chi connectivity index (χ4n) is 3.34. The summed E-state index contributed by atoms with van der Waals surface area (Å²) in [6.45, 7) is 0. The van der Waals surface area contributed by atoms with E-state index < -0.39 is 6.04 Å². The van der Waals surface area contributed by atoms with Crippen LogP contribution in [0.4, 0.5) is 11.5 Å². The highest BCUT2D eigenvalue weighted by Gasteiger charge is 2.33. The van der Waals surface area contributed by atoms with Gasteiger partial charge < -0.3 is 20.1 Å². The highest BCUT2D eigenvalue weighted by molar-refractivity contribution is 6.03. The zero-order valence-electron chi connectivity index (χ0n) is 16.0. The standard InChI is InChI=1S/C21H20N4O4/c1-28-17-9-8-14(10-18(17)29-2)23-21(27)16-11-19(26)24-20-15(12-22-25(16)20)13-6-4-3-5-7-13/h3-10,12,16H,11H2,1-2H3,(H,23,27)(H,24,26). The van der Waals surface area contributed by atoms with Crippen molar-refractivity contribution in [2.24, 2.45) is 0 Å². The molecule has 2 N–H and O–H groups in total. The van der Waals surface area contributed by atoms with Crippen LogP contribution in [0.2, 0.25) is 0 Å². The lowest BCUT2D eigenvalue weighted by Crippen LogP contribution is -2.35. The van der Waals surface area contributed by atoms with E-state index in [2.05, 4.69) is 15.7 Å². The number of rotatable bonds is 5. The number of ether oxygens (including phenoxy) is 2. The molecule has 0 aliphatic carbocycles. The van der Waals surface area contributed by atoms with Crippen LogP contribution in [0, 0.1) is 0 Å². The first-order chi connectivity index (χ1) is 14.1. The van der Waals surface area contributed by atoms with Gasteiger partial charge in [0, 0.05) is 17.3 Å². The van der Waals surface area contributed by atoms with Crippen LogP contribution in [0.1, 0.15) is 12.5 Å². The van der Waals surface area contributed by atoms with Gasteiger partial charge in [0.25, 0.3) is 0 Å². The van der Waals surface area contributed by atoms with Gasteiger partial charge in [-0.25, -0.2) is 4.68 Å². The van der Waals surface area contributed by atoms with Crippen molar-refractivity contribution in [3.63, 3.8) is 0 Å². The largest absolute Gasteiger partial charge is 0.493 e. The maximum atomic E-state index is 13.0. The molecule has 2 aromatic carbocycles. The second-order valence-corrected chi connectivity index (χ2v) is 6.54. The van der Waals surface area contributed by atoms with Crippen LogP contribution >= 0.6 is 0 Å². The summed E-state index contributed by atoms with van der Waals surface area (Å²) in [5.41, 5.74) is 2.22. The Labute approximate surface area is 167 Å². The van der Waals surface area contributed by atoms with Gasteiger partial charge in [0.1, 0.15) is 11.9 Å². The Morgan fingerprint density at radius 3 is 2.62 bits per heavy atom. The molecule has 8 nitrogen and oxygen atoms in total. The minimum atomic E-state index is -0.760. The quantitative estimate of drug-likeness (QED) is 0.696. The molecule has 1 aromatic heterocycles. The van der Waals surface area contributed by atoms with E-state index in [1.54, 1.807) is 36.2 Å². The molecule has 2 heterocycles. The Morgan fingerprint density at radius 2 is 1.90 bits per heavy atom. The van der Waals surface area contributed by atoms with Gasteiger partial charge in [-0.1, -0.05) is 30.3 Å². The van der Waals surface area contributed by atoms with Crippen LogP contribution in [0.25, 0.3) is 11.1 Å². The molecule has 1 atom stereocenters. The SMILES string of the molecule is COc1ccc(NC(=O)C2CC(=O)Nc3c(-c4ccccc4)cnn32)cc1OC. The summed E-state index contributed by atoms with van der Waals surface area (Å²) in [5.74, 6) is 1.00. The zero-order valence-corrected chi connectivity index (χ0v) is 16.0. The fourth-order valence-corrected chi connectivity index (χ4v) is 3.34. The first-order valence-corrected chi connectivity index (χ1v) is 9.06. The molecular formula is C21H20N4O4. The fraction of sp³-hybridized carbons (Fsp3) is 0.190. The third-order valence-corrected chi connectivity index (χ3v) is 4.77. The molecule has 0 saturated carbocycles. The van der Waals surface area contributed by atoms with Gasteiger partial charge in [-0.15, -0.1) is 0 Å². The molecule has 148 valence electrons. The van der Waals surface area contributed by atoms with Crippen molar-refractivity contribution in [3.05, 3.63) is 54.7 Å². The molecule has 0 radical (unpaired) electrons. The summed E-state index contributed by atoms with van der Waals surface area (Å²) in [6, 6.07) is 13.9. The molecule has 0 fully saturated rings. The number of benzene rings is 2. The number of aromatic nitrogens is 2. The van der Waals surface area contributed by atoms with E-state index in [-0.39, 0.29) is 18.2 Å². The average Bonchev–Trinajstić information content (AvgIpc) is 3.17. The molecule has 4 rings (SSSR count). The number of carbonyl (C=O) groups is 2. The minimum absolute atomic E-state index is 0.00202. The summed E-state index contributed by atoms with van der Waals surface area (Å²) in [6.07, 6.45) is 1.66. The van der Waals surface area contributed by atoms with Gasteiger partial charge in [-0.05, 0) is 17.7 Å². The van der Waals surface area contributed by atoms with E-state index >= 15 is 0 Å². The number of amides is 2. The summed E-state index contributed by atoms with van der Waals surface area (Å²) in [4.78, 5) is 25.2. The molecule has 8 heteroatoms. The Hall–Kier alpha value is -3.81. The van der Waals surface area contributed by atoms with Crippen LogP contribution in [0.15, 0.2) is 54.7 Å². The van der Waals surface area contributed by atoms with Crippen molar-refractivity contribution < 1.29 is 19.1 Å². The Balaban J connectivity index is 1.63. The third kappa shape index (κ3) is 3.52. The lowest BCUT2D eigenvalue weighted by atomic mass is 10.1. The summed E-state index contributed by atoms with van der Waals surface area (Å²) in [5, 5.41) is 10.0. The lowest BCUT2D eigenvalue weighted by Gasteiger charge is -2.24. The first kappa shape index (κ1) is 18.5. The number of fused-ring (bicyclic) bond motifs is 1. The summed E-state index contributed by atoms with van der Waals surface area (Å²) >= 11 is 0. The van der Waals surface area contributed by atoms with Crippen LogP contribution in [-0.4, -0.2) is 35.8 Å². The van der Waals surface area contributed by atoms with Crippen molar-refractivity contribution in [2.45, 2.75) is 12.5 Å². The molecule has 0 spiro atoms. The maximum Gasteiger partial charge on any atom is 0.249 e. The Kier molecular flexibility index (Phi) is 4.90. The topological polar surface area (TPSA) is 94.5 Å². The third-order valence-electron chi connectivity index (χ3n) is 4.77. The van der Waals surface area contributed by atoms with Crippen LogP contribution in [0.5, 0.6) is 11.5 Å². The van der Waals surface area contributed by atoms with Crippen molar-refractivity contribution in [1.29, 1.82) is 0 Å². The average molecular weight is 392 g/mol. The molecule has 2 amide bonds. The lowest BCUT2D eigenvalue weighted by molar-refractivity contribution is -0.125. The second-order valence-electron chi connectivity index (χ2n) is 6.54. The summed E-state index contributed by atoms with van der Waals surface area (Å²) in [7, 11) is 3.07. The van der Waals surface area contributed by atoms with Crippen molar-refractivity contribution >= 4 is 23.3 Å². The summed E-state index contributed by atoms with van der Waals surface area (Å²) < 4.78 is 12.0. The smallest absolute Gasteiger partial charge is 0.249 e.